The Kier molecular flexibility index (Phi) is 7.21. The van der Waals surface area contributed by atoms with E-state index in [9.17, 15) is 9.59 Å². The summed E-state index contributed by atoms with van der Waals surface area (Å²) in [5, 5.41) is 8.99. The molecule has 0 aromatic heterocycles. The first-order valence-corrected chi connectivity index (χ1v) is 8.30. The number of amides is 2. The molecule has 7 heteroatoms. The van der Waals surface area contributed by atoms with Gasteiger partial charge in [0.2, 0.25) is 11.8 Å². The molecule has 0 heterocycles. The van der Waals surface area contributed by atoms with Gasteiger partial charge in [0.25, 0.3) is 0 Å². The molecule has 2 N–H and O–H groups in total. The lowest BCUT2D eigenvalue weighted by molar-refractivity contribution is -0.123. The van der Waals surface area contributed by atoms with E-state index in [0.717, 1.165) is 11.1 Å². The van der Waals surface area contributed by atoms with Crippen molar-refractivity contribution in [1.29, 1.82) is 0 Å². The maximum atomic E-state index is 12.7. The van der Waals surface area contributed by atoms with Crippen molar-refractivity contribution in [2.45, 2.75) is 24.9 Å². The predicted molar refractivity (Wildman–Crippen MR) is 99.1 cm³/mol. The Morgan fingerprint density at radius 2 is 1.58 bits per heavy atom. The van der Waals surface area contributed by atoms with Crippen LogP contribution >= 0.6 is 0 Å². The van der Waals surface area contributed by atoms with E-state index in [0.29, 0.717) is 0 Å². The number of nitrogens with one attached hydrogen (secondary N) is 2. The molecule has 0 aliphatic rings. The highest BCUT2D eigenvalue weighted by atomic mass is 16.2. The highest BCUT2D eigenvalue weighted by Crippen LogP contribution is 2.22. The SMILES string of the molecule is CNC(=O)CCC(N=[N+]=[N-])C(=O)NC(c1ccccc1)c1ccccc1. The molecule has 2 rings (SSSR count). The van der Waals surface area contributed by atoms with Crippen LogP contribution < -0.4 is 10.6 Å². The summed E-state index contributed by atoms with van der Waals surface area (Å²) in [6.07, 6.45) is 0.251. The Hall–Kier alpha value is -3.31. The van der Waals surface area contributed by atoms with Crippen molar-refractivity contribution < 1.29 is 9.59 Å². The van der Waals surface area contributed by atoms with Crippen LogP contribution in [0.3, 0.4) is 0 Å². The number of azide groups is 1. The molecular weight excluding hydrogens is 330 g/mol. The second-order valence-corrected chi connectivity index (χ2v) is 5.70. The van der Waals surface area contributed by atoms with E-state index in [1.807, 2.05) is 60.7 Å². The van der Waals surface area contributed by atoms with Crippen molar-refractivity contribution in [2.75, 3.05) is 7.05 Å². The van der Waals surface area contributed by atoms with Crippen LogP contribution in [0.2, 0.25) is 0 Å². The van der Waals surface area contributed by atoms with E-state index in [4.69, 9.17) is 5.53 Å². The van der Waals surface area contributed by atoms with E-state index in [1.165, 1.54) is 7.05 Å². The predicted octanol–water partition coefficient (Wildman–Crippen LogP) is 3.10. The van der Waals surface area contributed by atoms with Gasteiger partial charge in [-0.25, -0.2) is 0 Å². The van der Waals surface area contributed by atoms with Gasteiger partial charge in [-0.2, -0.15) is 0 Å². The number of carbonyl (C=O) groups is 2. The Balaban J connectivity index is 2.21. The average Bonchev–Trinajstić information content (AvgIpc) is 2.70. The van der Waals surface area contributed by atoms with Crippen LogP contribution in [-0.2, 0) is 9.59 Å². The minimum absolute atomic E-state index is 0.106. The molecular formula is C19H21N5O2. The molecule has 134 valence electrons. The maximum Gasteiger partial charge on any atom is 0.229 e. The summed E-state index contributed by atoms with van der Waals surface area (Å²) in [5.41, 5.74) is 10.6. The molecule has 0 radical (unpaired) electrons. The lowest BCUT2D eigenvalue weighted by Crippen LogP contribution is -2.37. The monoisotopic (exact) mass is 351 g/mol. The molecule has 0 aliphatic heterocycles. The number of hydrogen-bond acceptors (Lipinski definition) is 3. The lowest BCUT2D eigenvalue weighted by Gasteiger charge is -2.22. The van der Waals surface area contributed by atoms with Gasteiger partial charge in [0.05, 0.1) is 6.04 Å². The topological polar surface area (TPSA) is 107 Å². The molecule has 0 fully saturated rings. The second kappa shape index (κ2) is 9.86. The van der Waals surface area contributed by atoms with Crippen LogP contribution in [0.5, 0.6) is 0 Å². The van der Waals surface area contributed by atoms with Crippen molar-refractivity contribution in [3.63, 3.8) is 0 Å². The van der Waals surface area contributed by atoms with Crippen LogP contribution in [0, 0.1) is 0 Å². The molecule has 0 spiro atoms. The van der Waals surface area contributed by atoms with Gasteiger partial charge in [-0.15, -0.1) is 0 Å². The zero-order chi connectivity index (χ0) is 18.8. The van der Waals surface area contributed by atoms with Gasteiger partial charge < -0.3 is 10.6 Å². The third-order valence-electron chi connectivity index (χ3n) is 3.97. The molecule has 0 saturated carbocycles. The van der Waals surface area contributed by atoms with Gasteiger partial charge in [-0.05, 0) is 23.1 Å². The number of nitrogens with zero attached hydrogens (tertiary/aromatic N) is 3. The molecule has 7 nitrogen and oxygen atoms in total. The maximum absolute atomic E-state index is 12.7. The summed E-state index contributed by atoms with van der Waals surface area (Å²) in [4.78, 5) is 26.9. The van der Waals surface area contributed by atoms with Gasteiger partial charge in [0, 0.05) is 18.4 Å². The molecule has 0 saturated heterocycles. The fraction of sp³-hybridized carbons (Fsp3) is 0.263. The number of hydrogen-bond donors (Lipinski definition) is 2. The molecule has 1 unspecified atom stereocenters. The number of benzene rings is 2. The van der Waals surface area contributed by atoms with Crippen LogP contribution in [-0.4, -0.2) is 24.9 Å². The Labute approximate surface area is 152 Å². The Morgan fingerprint density at radius 1 is 1.04 bits per heavy atom. The van der Waals surface area contributed by atoms with Crippen molar-refractivity contribution >= 4 is 11.8 Å². The summed E-state index contributed by atoms with van der Waals surface area (Å²) in [7, 11) is 1.52. The van der Waals surface area contributed by atoms with Crippen LogP contribution in [0.1, 0.15) is 30.0 Å². The molecule has 0 aliphatic carbocycles. The molecule has 2 aromatic carbocycles. The van der Waals surface area contributed by atoms with Gasteiger partial charge in [0.1, 0.15) is 6.04 Å². The minimum atomic E-state index is -0.952. The summed E-state index contributed by atoms with van der Waals surface area (Å²) in [6, 6.07) is 17.8. The van der Waals surface area contributed by atoms with E-state index in [-0.39, 0.29) is 24.8 Å². The molecule has 26 heavy (non-hydrogen) atoms. The van der Waals surface area contributed by atoms with E-state index in [1.54, 1.807) is 0 Å². The Morgan fingerprint density at radius 3 is 2.04 bits per heavy atom. The first-order chi connectivity index (χ1) is 12.7. The number of rotatable bonds is 8. The third kappa shape index (κ3) is 5.36. The first-order valence-electron chi connectivity index (χ1n) is 8.30. The van der Waals surface area contributed by atoms with E-state index < -0.39 is 11.9 Å². The highest BCUT2D eigenvalue weighted by Gasteiger charge is 2.23. The third-order valence-corrected chi connectivity index (χ3v) is 3.97. The van der Waals surface area contributed by atoms with Gasteiger partial charge in [-0.3, -0.25) is 9.59 Å². The standard InChI is InChI=1S/C19H21N5O2/c1-21-17(25)13-12-16(23-24-20)19(26)22-18(14-8-4-2-5-9-14)15-10-6-3-7-11-15/h2-11,16,18H,12-13H2,1H3,(H,21,25)(H,22,26). The second-order valence-electron chi connectivity index (χ2n) is 5.70. The quantitative estimate of drug-likeness (QED) is 0.433. The molecule has 2 aromatic rings. The Bertz CT molecular complexity index is 734. The average molecular weight is 351 g/mol. The molecule has 2 amide bonds. The van der Waals surface area contributed by atoms with E-state index in [2.05, 4.69) is 20.7 Å². The smallest absolute Gasteiger partial charge is 0.229 e. The van der Waals surface area contributed by atoms with E-state index >= 15 is 0 Å². The zero-order valence-corrected chi connectivity index (χ0v) is 14.5. The van der Waals surface area contributed by atoms with Crippen LogP contribution in [0.25, 0.3) is 10.4 Å². The summed E-state index contributed by atoms with van der Waals surface area (Å²) < 4.78 is 0. The normalized spacial score (nSPS) is 11.3. The summed E-state index contributed by atoms with van der Waals surface area (Å²) in [6.45, 7) is 0. The van der Waals surface area contributed by atoms with Crippen molar-refractivity contribution in [1.82, 2.24) is 10.6 Å². The first kappa shape index (κ1) is 19.0. The van der Waals surface area contributed by atoms with Crippen molar-refractivity contribution in [3.8, 4) is 0 Å². The van der Waals surface area contributed by atoms with Crippen molar-refractivity contribution in [3.05, 3.63) is 82.2 Å². The van der Waals surface area contributed by atoms with Gasteiger partial charge in [0.15, 0.2) is 0 Å². The minimum Gasteiger partial charge on any atom is -0.359 e. The van der Waals surface area contributed by atoms with Crippen LogP contribution in [0.4, 0.5) is 0 Å². The lowest BCUT2D eigenvalue weighted by atomic mass is 9.98. The fourth-order valence-corrected chi connectivity index (χ4v) is 2.58. The van der Waals surface area contributed by atoms with Gasteiger partial charge >= 0.3 is 0 Å². The fourth-order valence-electron chi connectivity index (χ4n) is 2.58. The van der Waals surface area contributed by atoms with Crippen LogP contribution in [0.15, 0.2) is 65.8 Å². The molecule has 0 bridgehead atoms. The highest BCUT2D eigenvalue weighted by molar-refractivity contribution is 5.84. The van der Waals surface area contributed by atoms with Gasteiger partial charge in [-0.1, -0.05) is 65.8 Å². The summed E-state index contributed by atoms with van der Waals surface area (Å²) in [5.74, 6) is -0.622. The molecule has 1 atom stereocenters. The van der Waals surface area contributed by atoms with Crippen molar-refractivity contribution in [2.24, 2.45) is 5.11 Å². The number of carbonyl (C=O) groups excluding carboxylic acids is 2. The summed E-state index contributed by atoms with van der Waals surface area (Å²) >= 11 is 0. The zero-order valence-electron chi connectivity index (χ0n) is 14.5. The largest absolute Gasteiger partial charge is 0.359 e.